The molecular formula is C9H9N3O. The molecule has 0 spiro atoms. The molecule has 0 aliphatic heterocycles. The van der Waals surface area contributed by atoms with Gasteiger partial charge in [-0.25, -0.2) is 0 Å². The Morgan fingerprint density at radius 3 is 2.77 bits per heavy atom. The van der Waals surface area contributed by atoms with Crippen LogP contribution >= 0.6 is 0 Å². The molecule has 0 fully saturated rings. The van der Waals surface area contributed by atoms with Crippen LogP contribution in [-0.2, 0) is 4.79 Å². The number of rotatable bonds is 3. The van der Waals surface area contributed by atoms with Gasteiger partial charge < -0.3 is 10.6 Å². The smallest absolute Gasteiger partial charge is 0.211 e. The first-order chi connectivity index (χ1) is 6.31. The van der Waals surface area contributed by atoms with E-state index in [1.165, 1.54) is 0 Å². The fourth-order valence-electron chi connectivity index (χ4n) is 1.01. The van der Waals surface area contributed by atoms with E-state index in [0.717, 1.165) is 5.69 Å². The van der Waals surface area contributed by atoms with Crippen LogP contribution in [0.4, 0.5) is 11.4 Å². The second kappa shape index (κ2) is 4.12. The monoisotopic (exact) mass is 175 g/mol. The van der Waals surface area contributed by atoms with Gasteiger partial charge in [0, 0.05) is 7.05 Å². The molecule has 4 nitrogen and oxygen atoms in total. The summed E-state index contributed by atoms with van der Waals surface area (Å²) >= 11 is 0. The van der Waals surface area contributed by atoms with Crippen LogP contribution in [0.5, 0.6) is 0 Å². The molecule has 1 aromatic rings. The van der Waals surface area contributed by atoms with Gasteiger partial charge in [0.1, 0.15) is 0 Å². The van der Waals surface area contributed by atoms with Gasteiger partial charge in [0.05, 0.1) is 23.0 Å². The van der Waals surface area contributed by atoms with Gasteiger partial charge in [-0.05, 0) is 18.2 Å². The summed E-state index contributed by atoms with van der Waals surface area (Å²) in [5.41, 5.74) is 1.95. The van der Waals surface area contributed by atoms with Gasteiger partial charge in [-0.3, -0.25) is 4.79 Å². The summed E-state index contributed by atoms with van der Waals surface area (Å²) in [5, 5.41) is 14.0. The van der Waals surface area contributed by atoms with E-state index in [1.807, 2.05) is 6.07 Å². The zero-order chi connectivity index (χ0) is 9.68. The highest BCUT2D eigenvalue weighted by Gasteiger charge is 2.00. The number of amides is 1. The Bertz CT molecular complexity index is 354. The molecule has 2 N–H and O–H groups in total. The predicted octanol–water partition coefficient (Wildman–Crippen LogP) is 1.17. The van der Waals surface area contributed by atoms with E-state index in [9.17, 15) is 4.79 Å². The maximum absolute atomic E-state index is 10.2. The highest BCUT2D eigenvalue weighted by Crippen LogP contribution is 2.21. The molecule has 0 atom stereocenters. The highest BCUT2D eigenvalue weighted by molar-refractivity contribution is 5.81. The Balaban J connectivity index is 3.09. The van der Waals surface area contributed by atoms with Gasteiger partial charge >= 0.3 is 0 Å². The molecule has 1 aromatic carbocycles. The summed E-state index contributed by atoms with van der Waals surface area (Å²) < 4.78 is 0. The number of anilines is 2. The van der Waals surface area contributed by atoms with Crippen molar-refractivity contribution in [1.82, 2.24) is 0 Å². The standard InChI is InChI=1S/C9H9N3O/c1-11-9-4-7(5-10)2-3-8(9)12-6-13/h2-4,6,11H,1H3,(H,12,13). The van der Waals surface area contributed by atoms with Crippen molar-refractivity contribution < 1.29 is 4.79 Å². The zero-order valence-corrected chi connectivity index (χ0v) is 7.16. The van der Waals surface area contributed by atoms with Crippen LogP contribution in [0.2, 0.25) is 0 Å². The minimum Gasteiger partial charge on any atom is -0.386 e. The van der Waals surface area contributed by atoms with Crippen molar-refractivity contribution in [3.8, 4) is 6.07 Å². The summed E-state index contributed by atoms with van der Waals surface area (Å²) in [4.78, 5) is 10.2. The minimum atomic E-state index is 0.556. The van der Waals surface area contributed by atoms with Gasteiger partial charge in [0.15, 0.2) is 0 Å². The van der Waals surface area contributed by atoms with Crippen molar-refractivity contribution in [3.05, 3.63) is 23.8 Å². The largest absolute Gasteiger partial charge is 0.386 e. The van der Waals surface area contributed by atoms with Gasteiger partial charge in [-0.2, -0.15) is 5.26 Å². The molecule has 0 heterocycles. The molecule has 0 unspecified atom stereocenters. The predicted molar refractivity (Wildman–Crippen MR) is 50.4 cm³/mol. The lowest BCUT2D eigenvalue weighted by Gasteiger charge is -2.06. The van der Waals surface area contributed by atoms with Crippen LogP contribution in [-0.4, -0.2) is 13.5 Å². The zero-order valence-electron chi connectivity index (χ0n) is 7.16. The average molecular weight is 175 g/mol. The second-order valence-corrected chi connectivity index (χ2v) is 2.38. The van der Waals surface area contributed by atoms with E-state index in [4.69, 9.17) is 5.26 Å². The summed E-state index contributed by atoms with van der Waals surface area (Å²) in [6, 6.07) is 7.01. The molecule has 0 aliphatic rings. The van der Waals surface area contributed by atoms with Crippen LogP contribution < -0.4 is 10.6 Å². The van der Waals surface area contributed by atoms with Gasteiger partial charge in [0.25, 0.3) is 0 Å². The van der Waals surface area contributed by atoms with Crippen molar-refractivity contribution in [1.29, 1.82) is 5.26 Å². The molecule has 1 amide bonds. The normalized spacial score (nSPS) is 8.62. The van der Waals surface area contributed by atoms with Crippen LogP contribution in [0.1, 0.15) is 5.56 Å². The molecule has 0 saturated carbocycles. The topological polar surface area (TPSA) is 64.9 Å². The van der Waals surface area contributed by atoms with E-state index in [2.05, 4.69) is 10.6 Å². The molecule has 0 aromatic heterocycles. The van der Waals surface area contributed by atoms with Crippen molar-refractivity contribution >= 4 is 17.8 Å². The maximum atomic E-state index is 10.2. The number of hydrogen-bond acceptors (Lipinski definition) is 3. The first-order valence-corrected chi connectivity index (χ1v) is 3.74. The first kappa shape index (κ1) is 9.07. The summed E-state index contributed by atoms with van der Waals surface area (Å²) in [6.45, 7) is 0. The third kappa shape index (κ3) is 1.97. The van der Waals surface area contributed by atoms with Gasteiger partial charge in [-0.1, -0.05) is 0 Å². The fourth-order valence-corrected chi connectivity index (χ4v) is 1.01. The highest BCUT2D eigenvalue weighted by atomic mass is 16.1. The summed E-state index contributed by atoms with van der Waals surface area (Å²) in [6.07, 6.45) is 0.599. The van der Waals surface area contributed by atoms with Crippen molar-refractivity contribution in [2.75, 3.05) is 17.7 Å². The van der Waals surface area contributed by atoms with Crippen molar-refractivity contribution in [2.45, 2.75) is 0 Å². The molecule has 0 saturated heterocycles. The molecule has 1 rings (SSSR count). The quantitative estimate of drug-likeness (QED) is 0.677. The molecule has 0 bridgehead atoms. The van der Waals surface area contributed by atoms with E-state index in [0.29, 0.717) is 17.7 Å². The third-order valence-corrected chi connectivity index (χ3v) is 1.63. The van der Waals surface area contributed by atoms with Crippen LogP contribution in [0.25, 0.3) is 0 Å². The Morgan fingerprint density at radius 1 is 1.46 bits per heavy atom. The number of nitrogens with zero attached hydrogens (tertiary/aromatic N) is 1. The summed E-state index contributed by atoms with van der Waals surface area (Å²) in [5.74, 6) is 0. The number of nitrogens with one attached hydrogen (secondary N) is 2. The Kier molecular flexibility index (Phi) is 2.87. The lowest BCUT2D eigenvalue weighted by atomic mass is 10.2. The number of benzene rings is 1. The number of carbonyl (C=O) groups is 1. The lowest BCUT2D eigenvalue weighted by molar-refractivity contribution is -0.105. The van der Waals surface area contributed by atoms with Crippen molar-refractivity contribution in [2.24, 2.45) is 0 Å². The molecule has 0 radical (unpaired) electrons. The van der Waals surface area contributed by atoms with Crippen LogP contribution in [0, 0.1) is 11.3 Å². The molecular weight excluding hydrogens is 166 g/mol. The van der Waals surface area contributed by atoms with E-state index in [-0.39, 0.29) is 0 Å². The van der Waals surface area contributed by atoms with E-state index in [1.54, 1.807) is 25.2 Å². The number of carbonyl (C=O) groups excluding carboxylic acids is 1. The average Bonchev–Trinajstić information content (AvgIpc) is 2.19. The Hall–Kier alpha value is -2.02. The fraction of sp³-hybridized carbons (Fsp3) is 0.111. The van der Waals surface area contributed by atoms with Crippen LogP contribution in [0.15, 0.2) is 18.2 Å². The Morgan fingerprint density at radius 2 is 2.23 bits per heavy atom. The Labute approximate surface area is 76.2 Å². The van der Waals surface area contributed by atoms with Crippen LogP contribution in [0.3, 0.4) is 0 Å². The lowest BCUT2D eigenvalue weighted by Crippen LogP contribution is -1.99. The molecule has 0 aliphatic carbocycles. The third-order valence-electron chi connectivity index (χ3n) is 1.63. The SMILES string of the molecule is CNc1cc(C#N)ccc1NC=O. The summed E-state index contributed by atoms with van der Waals surface area (Å²) in [7, 11) is 1.73. The molecule has 66 valence electrons. The first-order valence-electron chi connectivity index (χ1n) is 3.74. The molecule has 13 heavy (non-hydrogen) atoms. The number of hydrogen-bond donors (Lipinski definition) is 2. The van der Waals surface area contributed by atoms with Crippen molar-refractivity contribution in [3.63, 3.8) is 0 Å². The van der Waals surface area contributed by atoms with Gasteiger partial charge in [0.2, 0.25) is 6.41 Å². The second-order valence-electron chi connectivity index (χ2n) is 2.38. The van der Waals surface area contributed by atoms with Gasteiger partial charge in [-0.15, -0.1) is 0 Å². The molecule has 4 heteroatoms. The van der Waals surface area contributed by atoms with E-state index >= 15 is 0 Å². The maximum Gasteiger partial charge on any atom is 0.211 e. The van der Waals surface area contributed by atoms with E-state index < -0.39 is 0 Å². The minimum absolute atomic E-state index is 0.556. The number of nitriles is 1.